The summed E-state index contributed by atoms with van der Waals surface area (Å²) >= 11 is 1.47. The van der Waals surface area contributed by atoms with Crippen LogP contribution < -0.4 is 0 Å². The molecule has 1 N–H and O–H groups in total. The van der Waals surface area contributed by atoms with Gasteiger partial charge in [0.05, 0.1) is 11.0 Å². The highest BCUT2D eigenvalue weighted by Crippen LogP contribution is 2.29. The minimum Gasteiger partial charge on any atom is -0.387 e. The first-order valence-electron chi connectivity index (χ1n) is 5.54. The molecule has 1 heterocycles. The standard InChI is InChI=1S/C13H13NO3S/c1-9-6-7-18-13(9)12(15)8-10-4-2-3-5-11(10)14(16)17/h2-7,12,15H,8H2,1H3. The molecule has 0 radical (unpaired) electrons. The van der Waals surface area contributed by atoms with Gasteiger partial charge in [0.15, 0.2) is 0 Å². The Morgan fingerprint density at radius 3 is 2.72 bits per heavy atom. The molecule has 18 heavy (non-hydrogen) atoms. The summed E-state index contributed by atoms with van der Waals surface area (Å²) in [4.78, 5) is 11.3. The Morgan fingerprint density at radius 1 is 1.39 bits per heavy atom. The molecule has 4 nitrogen and oxygen atoms in total. The van der Waals surface area contributed by atoms with Crippen LogP contribution in [0.25, 0.3) is 0 Å². The van der Waals surface area contributed by atoms with Crippen molar-refractivity contribution >= 4 is 17.0 Å². The van der Waals surface area contributed by atoms with Crippen LogP contribution in [0.1, 0.15) is 22.1 Å². The quantitative estimate of drug-likeness (QED) is 0.680. The number of rotatable bonds is 4. The summed E-state index contributed by atoms with van der Waals surface area (Å²) in [5, 5.41) is 22.9. The molecule has 0 aliphatic heterocycles. The topological polar surface area (TPSA) is 63.4 Å². The van der Waals surface area contributed by atoms with Crippen molar-refractivity contribution in [2.75, 3.05) is 0 Å². The molecular weight excluding hydrogens is 250 g/mol. The van der Waals surface area contributed by atoms with Gasteiger partial charge >= 0.3 is 0 Å². The molecule has 1 aromatic carbocycles. The van der Waals surface area contributed by atoms with Crippen LogP contribution in [0.4, 0.5) is 5.69 Å². The number of aliphatic hydroxyl groups excluding tert-OH is 1. The molecule has 0 spiro atoms. The number of nitro groups is 1. The van der Waals surface area contributed by atoms with E-state index >= 15 is 0 Å². The summed E-state index contributed by atoms with van der Waals surface area (Å²) in [6.07, 6.45) is -0.426. The molecule has 5 heteroatoms. The van der Waals surface area contributed by atoms with Crippen LogP contribution in [0.5, 0.6) is 0 Å². The number of benzene rings is 1. The van der Waals surface area contributed by atoms with Gasteiger partial charge in [-0.3, -0.25) is 10.1 Å². The van der Waals surface area contributed by atoms with Gasteiger partial charge < -0.3 is 5.11 Å². The van der Waals surface area contributed by atoms with Crippen molar-refractivity contribution in [1.29, 1.82) is 0 Å². The van der Waals surface area contributed by atoms with Crippen LogP contribution in [-0.2, 0) is 6.42 Å². The fourth-order valence-corrected chi connectivity index (χ4v) is 2.80. The largest absolute Gasteiger partial charge is 0.387 e. The van der Waals surface area contributed by atoms with E-state index in [1.54, 1.807) is 18.2 Å². The van der Waals surface area contributed by atoms with E-state index in [0.717, 1.165) is 10.4 Å². The van der Waals surface area contributed by atoms with Gasteiger partial charge in [-0.15, -0.1) is 11.3 Å². The highest BCUT2D eigenvalue weighted by Gasteiger charge is 2.18. The number of para-hydroxylation sites is 1. The average Bonchev–Trinajstić information content (AvgIpc) is 2.76. The lowest BCUT2D eigenvalue weighted by molar-refractivity contribution is -0.385. The second-order valence-electron chi connectivity index (χ2n) is 4.07. The first kappa shape index (κ1) is 12.7. The van der Waals surface area contributed by atoms with Gasteiger partial charge in [-0.25, -0.2) is 0 Å². The third-order valence-electron chi connectivity index (χ3n) is 2.81. The van der Waals surface area contributed by atoms with Crippen molar-refractivity contribution < 1.29 is 10.0 Å². The molecule has 2 aromatic rings. The first-order valence-corrected chi connectivity index (χ1v) is 6.42. The monoisotopic (exact) mass is 263 g/mol. The Hall–Kier alpha value is -1.72. The van der Waals surface area contributed by atoms with Crippen LogP contribution >= 0.6 is 11.3 Å². The Balaban J connectivity index is 2.25. The van der Waals surface area contributed by atoms with Crippen LogP contribution in [-0.4, -0.2) is 10.0 Å². The Bertz CT molecular complexity index is 565. The van der Waals surface area contributed by atoms with Crippen molar-refractivity contribution in [3.63, 3.8) is 0 Å². The molecule has 0 aliphatic rings. The first-order chi connectivity index (χ1) is 8.59. The van der Waals surface area contributed by atoms with Crippen LogP contribution in [0.15, 0.2) is 35.7 Å². The number of aryl methyl sites for hydroxylation is 1. The lowest BCUT2D eigenvalue weighted by Crippen LogP contribution is -2.03. The molecule has 2 rings (SSSR count). The minimum atomic E-state index is -0.689. The van der Waals surface area contributed by atoms with E-state index in [0.29, 0.717) is 5.56 Å². The molecule has 1 aromatic heterocycles. The smallest absolute Gasteiger partial charge is 0.272 e. The van der Waals surface area contributed by atoms with Crippen molar-refractivity contribution in [2.24, 2.45) is 0 Å². The van der Waals surface area contributed by atoms with Crippen molar-refractivity contribution in [1.82, 2.24) is 0 Å². The number of nitro benzene ring substituents is 1. The Morgan fingerprint density at radius 2 is 2.11 bits per heavy atom. The van der Waals surface area contributed by atoms with E-state index in [9.17, 15) is 15.2 Å². The van der Waals surface area contributed by atoms with Gasteiger partial charge in [-0.1, -0.05) is 18.2 Å². The van der Waals surface area contributed by atoms with Crippen LogP contribution in [0.3, 0.4) is 0 Å². The van der Waals surface area contributed by atoms with E-state index in [2.05, 4.69) is 0 Å². The molecule has 0 saturated heterocycles. The zero-order valence-electron chi connectivity index (χ0n) is 9.87. The van der Waals surface area contributed by atoms with Crippen LogP contribution in [0, 0.1) is 17.0 Å². The Kier molecular flexibility index (Phi) is 3.74. The van der Waals surface area contributed by atoms with Crippen molar-refractivity contribution in [3.8, 4) is 0 Å². The number of nitrogens with zero attached hydrogens (tertiary/aromatic N) is 1. The molecule has 0 saturated carbocycles. The van der Waals surface area contributed by atoms with Crippen molar-refractivity contribution in [2.45, 2.75) is 19.4 Å². The highest BCUT2D eigenvalue weighted by molar-refractivity contribution is 7.10. The van der Waals surface area contributed by atoms with Gasteiger partial charge in [0.2, 0.25) is 0 Å². The predicted molar refractivity (Wildman–Crippen MR) is 70.8 cm³/mol. The molecule has 0 amide bonds. The van der Waals surface area contributed by atoms with Crippen LogP contribution in [0.2, 0.25) is 0 Å². The van der Waals surface area contributed by atoms with E-state index in [4.69, 9.17) is 0 Å². The summed E-state index contributed by atoms with van der Waals surface area (Å²) in [7, 11) is 0. The van der Waals surface area contributed by atoms with Gasteiger partial charge in [0, 0.05) is 22.9 Å². The van der Waals surface area contributed by atoms with E-state index in [1.165, 1.54) is 17.4 Å². The Labute approximate surface area is 109 Å². The van der Waals surface area contributed by atoms with Gasteiger partial charge in [-0.05, 0) is 23.9 Å². The zero-order valence-corrected chi connectivity index (χ0v) is 10.7. The summed E-state index contributed by atoms with van der Waals surface area (Å²) < 4.78 is 0. The van der Waals surface area contributed by atoms with Gasteiger partial charge in [0.25, 0.3) is 5.69 Å². The molecule has 1 atom stereocenters. The summed E-state index contributed by atoms with van der Waals surface area (Å²) in [5.41, 5.74) is 1.64. The maximum absolute atomic E-state index is 10.9. The van der Waals surface area contributed by atoms with E-state index in [-0.39, 0.29) is 12.1 Å². The molecular formula is C13H13NO3S. The summed E-state index contributed by atoms with van der Waals surface area (Å²) in [6, 6.07) is 8.46. The molecule has 0 bridgehead atoms. The molecule has 0 aliphatic carbocycles. The number of hydrogen-bond acceptors (Lipinski definition) is 4. The third kappa shape index (κ3) is 2.57. The lowest BCUT2D eigenvalue weighted by atomic mass is 10.0. The average molecular weight is 263 g/mol. The number of aliphatic hydroxyl groups is 1. The molecule has 94 valence electrons. The van der Waals surface area contributed by atoms with E-state index < -0.39 is 11.0 Å². The predicted octanol–water partition coefficient (Wildman–Crippen LogP) is 3.24. The molecule has 0 fully saturated rings. The SMILES string of the molecule is Cc1ccsc1C(O)Cc1ccccc1[N+](=O)[O-]. The maximum atomic E-state index is 10.9. The lowest BCUT2D eigenvalue weighted by Gasteiger charge is -2.10. The van der Waals surface area contributed by atoms with Gasteiger partial charge in [-0.2, -0.15) is 0 Å². The third-order valence-corrected chi connectivity index (χ3v) is 3.93. The van der Waals surface area contributed by atoms with E-state index in [1.807, 2.05) is 18.4 Å². The fraction of sp³-hybridized carbons (Fsp3) is 0.231. The fourth-order valence-electron chi connectivity index (χ4n) is 1.89. The summed E-state index contributed by atoms with van der Waals surface area (Å²) in [6.45, 7) is 1.93. The second-order valence-corrected chi connectivity index (χ2v) is 5.02. The highest BCUT2D eigenvalue weighted by atomic mass is 32.1. The summed E-state index contributed by atoms with van der Waals surface area (Å²) in [5.74, 6) is 0. The number of hydrogen-bond donors (Lipinski definition) is 1. The molecule has 1 unspecified atom stereocenters. The second kappa shape index (κ2) is 5.29. The maximum Gasteiger partial charge on any atom is 0.272 e. The zero-order chi connectivity index (χ0) is 13.1. The number of thiophene rings is 1. The van der Waals surface area contributed by atoms with Crippen molar-refractivity contribution in [3.05, 3.63) is 61.8 Å². The minimum absolute atomic E-state index is 0.0609. The normalized spacial score (nSPS) is 12.3. The van der Waals surface area contributed by atoms with Gasteiger partial charge in [0.1, 0.15) is 0 Å².